The maximum Gasteiger partial charge on any atom is 0.214 e. The first-order valence-corrected chi connectivity index (χ1v) is 7.88. The van der Waals surface area contributed by atoms with Crippen LogP contribution in [0.3, 0.4) is 0 Å². The van der Waals surface area contributed by atoms with Crippen molar-refractivity contribution in [3.8, 4) is 0 Å². The number of rotatable bonds is 7. The van der Waals surface area contributed by atoms with Crippen LogP contribution < -0.4 is 4.72 Å². The highest BCUT2D eigenvalue weighted by Gasteiger charge is 2.11. The summed E-state index contributed by atoms with van der Waals surface area (Å²) < 4.78 is 44.5. The first kappa shape index (κ1) is 15.6. The molecular formula is C11H15BrFNO3S. The minimum atomic E-state index is -3.44. The SMILES string of the molecule is CCOCCS(=O)(=O)NCc1cc(Br)ccc1F. The standard InChI is InChI=1S/C11H15BrFNO3S/c1-2-17-5-6-18(15,16)14-8-9-7-10(12)3-4-11(9)13/h3-4,7,14H,2,5-6,8H2,1H3. The van der Waals surface area contributed by atoms with E-state index < -0.39 is 15.8 Å². The third-order valence-corrected chi connectivity index (χ3v) is 3.97. The van der Waals surface area contributed by atoms with Crippen molar-refractivity contribution < 1.29 is 17.5 Å². The molecule has 0 saturated carbocycles. The van der Waals surface area contributed by atoms with Crippen molar-refractivity contribution in [2.75, 3.05) is 19.0 Å². The Morgan fingerprint density at radius 2 is 2.17 bits per heavy atom. The number of nitrogens with one attached hydrogen (secondary N) is 1. The smallest absolute Gasteiger partial charge is 0.214 e. The molecule has 0 atom stereocenters. The Labute approximate surface area is 115 Å². The van der Waals surface area contributed by atoms with Crippen molar-refractivity contribution in [3.63, 3.8) is 0 Å². The van der Waals surface area contributed by atoms with Crippen molar-refractivity contribution in [1.29, 1.82) is 0 Å². The van der Waals surface area contributed by atoms with Gasteiger partial charge in [0.15, 0.2) is 0 Å². The van der Waals surface area contributed by atoms with Crippen LogP contribution in [0.4, 0.5) is 4.39 Å². The van der Waals surface area contributed by atoms with Crippen molar-refractivity contribution in [1.82, 2.24) is 4.72 Å². The van der Waals surface area contributed by atoms with Crippen LogP contribution in [0.2, 0.25) is 0 Å². The van der Waals surface area contributed by atoms with Crippen LogP contribution in [0.1, 0.15) is 12.5 Å². The fourth-order valence-electron chi connectivity index (χ4n) is 1.25. The number of hydrogen-bond acceptors (Lipinski definition) is 3. The zero-order valence-corrected chi connectivity index (χ0v) is 12.4. The third kappa shape index (κ3) is 5.43. The van der Waals surface area contributed by atoms with Gasteiger partial charge in [0.1, 0.15) is 5.82 Å². The lowest BCUT2D eigenvalue weighted by Crippen LogP contribution is -2.28. The van der Waals surface area contributed by atoms with Gasteiger partial charge in [-0.1, -0.05) is 15.9 Å². The van der Waals surface area contributed by atoms with Crippen LogP contribution in [-0.4, -0.2) is 27.4 Å². The lowest BCUT2D eigenvalue weighted by molar-refractivity contribution is 0.163. The van der Waals surface area contributed by atoms with Gasteiger partial charge in [-0.2, -0.15) is 0 Å². The molecule has 1 N–H and O–H groups in total. The zero-order valence-electron chi connectivity index (χ0n) is 9.95. The molecule has 1 aromatic carbocycles. The van der Waals surface area contributed by atoms with Crippen LogP contribution in [0.15, 0.2) is 22.7 Å². The molecule has 7 heteroatoms. The molecule has 1 aromatic rings. The second-order valence-electron chi connectivity index (χ2n) is 3.57. The zero-order chi connectivity index (χ0) is 13.6. The van der Waals surface area contributed by atoms with Crippen LogP contribution in [0, 0.1) is 5.82 Å². The Hall–Kier alpha value is -0.500. The van der Waals surface area contributed by atoms with E-state index in [0.29, 0.717) is 16.6 Å². The molecule has 0 heterocycles. The van der Waals surface area contributed by atoms with Crippen LogP contribution >= 0.6 is 15.9 Å². The van der Waals surface area contributed by atoms with Crippen LogP contribution in [0.5, 0.6) is 0 Å². The molecule has 18 heavy (non-hydrogen) atoms. The van der Waals surface area contributed by atoms with E-state index in [1.807, 2.05) is 0 Å². The maximum absolute atomic E-state index is 13.4. The number of sulfonamides is 1. The highest BCUT2D eigenvalue weighted by atomic mass is 79.9. The van der Waals surface area contributed by atoms with Gasteiger partial charge in [-0.25, -0.2) is 17.5 Å². The lowest BCUT2D eigenvalue weighted by Gasteiger charge is -2.08. The van der Waals surface area contributed by atoms with Gasteiger partial charge in [-0.3, -0.25) is 0 Å². The Morgan fingerprint density at radius 3 is 2.83 bits per heavy atom. The van der Waals surface area contributed by atoms with E-state index in [0.717, 1.165) is 0 Å². The van der Waals surface area contributed by atoms with Crippen LogP contribution in [0.25, 0.3) is 0 Å². The van der Waals surface area contributed by atoms with E-state index in [-0.39, 0.29) is 18.9 Å². The second kappa shape index (κ2) is 7.18. The summed E-state index contributed by atoms with van der Waals surface area (Å²) in [4.78, 5) is 0. The van der Waals surface area contributed by atoms with Gasteiger partial charge in [-0.15, -0.1) is 0 Å². The van der Waals surface area contributed by atoms with E-state index in [2.05, 4.69) is 20.7 Å². The Kier molecular flexibility index (Phi) is 6.20. The Morgan fingerprint density at radius 1 is 1.44 bits per heavy atom. The van der Waals surface area contributed by atoms with Gasteiger partial charge in [-0.05, 0) is 25.1 Å². The molecule has 0 aliphatic carbocycles. The van der Waals surface area contributed by atoms with Crippen LogP contribution in [-0.2, 0) is 21.3 Å². The molecule has 0 unspecified atom stereocenters. The van der Waals surface area contributed by atoms with Crippen molar-refractivity contribution in [2.24, 2.45) is 0 Å². The Bertz CT molecular complexity index is 493. The predicted molar refractivity (Wildman–Crippen MR) is 71.2 cm³/mol. The molecule has 0 aliphatic rings. The summed E-state index contributed by atoms with van der Waals surface area (Å²) in [5.74, 6) is -0.568. The molecule has 0 bridgehead atoms. The molecule has 0 saturated heterocycles. The highest BCUT2D eigenvalue weighted by Crippen LogP contribution is 2.15. The minimum absolute atomic E-state index is 0.0697. The number of halogens is 2. The molecule has 0 amide bonds. The quantitative estimate of drug-likeness (QED) is 0.773. The summed E-state index contributed by atoms with van der Waals surface area (Å²) in [5.41, 5.74) is 0.296. The fourth-order valence-corrected chi connectivity index (χ4v) is 2.52. The van der Waals surface area contributed by atoms with Crippen molar-refractivity contribution in [2.45, 2.75) is 13.5 Å². The van der Waals surface area contributed by atoms with Crippen molar-refractivity contribution >= 4 is 26.0 Å². The fraction of sp³-hybridized carbons (Fsp3) is 0.455. The number of benzene rings is 1. The molecule has 0 spiro atoms. The first-order valence-electron chi connectivity index (χ1n) is 5.43. The van der Waals surface area contributed by atoms with E-state index in [1.165, 1.54) is 6.07 Å². The molecule has 0 fully saturated rings. The number of ether oxygens (including phenoxy) is 1. The summed E-state index contributed by atoms with van der Waals surface area (Å²) in [5, 5.41) is 0. The third-order valence-electron chi connectivity index (χ3n) is 2.19. The summed E-state index contributed by atoms with van der Waals surface area (Å²) >= 11 is 3.20. The summed E-state index contributed by atoms with van der Waals surface area (Å²) in [6.45, 7) is 2.32. The first-order chi connectivity index (χ1) is 8.44. The molecule has 102 valence electrons. The van der Waals surface area contributed by atoms with E-state index >= 15 is 0 Å². The average Bonchev–Trinajstić information content (AvgIpc) is 2.31. The average molecular weight is 340 g/mol. The largest absolute Gasteiger partial charge is 0.381 e. The summed E-state index contributed by atoms with van der Waals surface area (Å²) in [6, 6.07) is 4.39. The Balaban J connectivity index is 2.56. The maximum atomic E-state index is 13.4. The minimum Gasteiger partial charge on any atom is -0.381 e. The topological polar surface area (TPSA) is 55.4 Å². The van der Waals surface area contributed by atoms with Gasteiger partial charge in [0.25, 0.3) is 0 Å². The summed E-state index contributed by atoms with van der Waals surface area (Å²) in [7, 11) is -3.44. The normalized spacial score (nSPS) is 11.7. The van der Waals surface area contributed by atoms with Gasteiger partial charge >= 0.3 is 0 Å². The van der Waals surface area contributed by atoms with E-state index in [9.17, 15) is 12.8 Å². The molecule has 0 aliphatic heterocycles. The monoisotopic (exact) mass is 339 g/mol. The van der Waals surface area contributed by atoms with Crippen molar-refractivity contribution in [3.05, 3.63) is 34.1 Å². The summed E-state index contributed by atoms with van der Waals surface area (Å²) in [6.07, 6.45) is 0. The van der Waals surface area contributed by atoms with E-state index in [4.69, 9.17) is 4.74 Å². The van der Waals surface area contributed by atoms with E-state index in [1.54, 1.807) is 19.1 Å². The molecule has 0 radical (unpaired) electrons. The molecule has 0 aromatic heterocycles. The number of hydrogen-bond donors (Lipinski definition) is 1. The second-order valence-corrected chi connectivity index (χ2v) is 6.41. The van der Waals surface area contributed by atoms with Gasteiger partial charge in [0.2, 0.25) is 10.0 Å². The lowest BCUT2D eigenvalue weighted by atomic mass is 10.2. The molecular weight excluding hydrogens is 325 g/mol. The van der Waals surface area contributed by atoms with Gasteiger partial charge in [0.05, 0.1) is 12.4 Å². The molecule has 1 rings (SSSR count). The highest BCUT2D eigenvalue weighted by molar-refractivity contribution is 9.10. The van der Waals surface area contributed by atoms with Gasteiger partial charge < -0.3 is 4.74 Å². The van der Waals surface area contributed by atoms with Gasteiger partial charge in [0, 0.05) is 23.2 Å². The predicted octanol–water partition coefficient (Wildman–Crippen LogP) is 2.04. The molecule has 4 nitrogen and oxygen atoms in total.